The molecule has 2 N–H and O–H groups in total. The number of carbonyl (C=O) groups is 1. The molecule has 2 aromatic carbocycles. The molecule has 0 aromatic heterocycles. The van der Waals surface area contributed by atoms with Crippen molar-refractivity contribution in [2.75, 3.05) is 10.6 Å². The first-order valence-electron chi connectivity index (χ1n) is 11.8. The van der Waals surface area contributed by atoms with Crippen LogP contribution in [0.25, 0.3) is 0 Å². The van der Waals surface area contributed by atoms with E-state index in [-0.39, 0.29) is 36.4 Å². The predicted octanol–water partition coefficient (Wildman–Crippen LogP) is 7.88. The summed E-state index contributed by atoms with van der Waals surface area (Å²) in [6.07, 6.45) is -14.9. The van der Waals surface area contributed by atoms with E-state index in [1.165, 1.54) is 0 Å². The maximum absolute atomic E-state index is 14.2. The van der Waals surface area contributed by atoms with E-state index in [0.717, 1.165) is 0 Å². The third kappa shape index (κ3) is 7.36. The minimum Gasteiger partial charge on any atom is -0.375 e. The van der Waals surface area contributed by atoms with Crippen molar-refractivity contribution in [3.8, 4) is 11.5 Å². The van der Waals surface area contributed by atoms with Gasteiger partial charge in [0.2, 0.25) is 0 Å². The fourth-order valence-corrected chi connectivity index (χ4v) is 4.80. The summed E-state index contributed by atoms with van der Waals surface area (Å²) < 4.78 is 315. The first-order chi connectivity index (χ1) is 22.8. The lowest BCUT2D eigenvalue weighted by Crippen LogP contribution is -2.63. The van der Waals surface area contributed by atoms with Gasteiger partial charge in [-0.25, -0.2) is 13.6 Å². The number of nitrogens with one attached hydrogen (secondary N) is 2. The molecule has 0 aliphatic carbocycles. The van der Waals surface area contributed by atoms with Crippen LogP contribution in [-0.2, 0) is 20.2 Å². The molecule has 0 aliphatic rings. The maximum Gasteiger partial charge on any atom is 0.460 e. The predicted molar refractivity (Wildman–Crippen MR) is 126 cm³/mol. The zero-order chi connectivity index (χ0) is 41.1. The Morgan fingerprint density at radius 1 is 0.481 bits per heavy atom. The summed E-state index contributed by atoms with van der Waals surface area (Å²) in [4.78, 5) is 12.1. The Morgan fingerprint density at radius 3 is 0.981 bits per heavy atom. The van der Waals surface area contributed by atoms with Crippen LogP contribution in [0.15, 0.2) is 36.4 Å². The summed E-state index contributed by atoms with van der Waals surface area (Å²) >= 11 is 0. The Hall–Kier alpha value is -4.19. The van der Waals surface area contributed by atoms with Crippen LogP contribution in [0.4, 0.5) is 104 Å². The van der Waals surface area contributed by atoms with E-state index in [1.54, 1.807) is 10.6 Å². The molecule has 0 fully saturated rings. The fraction of sp³-hybridized carbons (Fsp3) is 0.381. The van der Waals surface area contributed by atoms with Gasteiger partial charge in [0.05, 0.1) is 0 Å². The molecule has 2 amide bonds. The van der Waals surface area contributed by atoms with Crippen LogP contribution in [0.3, 0.4) is 0 Å². The molecule has 2 aromatic rings. The van der Waals surface area contributed by atoms with Gasteiger partial charge in [0, 0.05) is 23.5 Å². The molecule has 31 heteroatoms. The molecule has 0 atom stereocenters. The van der Waals surface area contributed by atoms with E-state index in [1.807, 2.05) is 0 Å². The van der Waals surface area contributed by atoms with E-state index < -0.39 is 107 Å². The highest BCUT2D eigenvalue weighted by Gasteiger charge is 2.87. The molecule has 0 unspecified atom stereocenters. The van der Waals surface area contributed by atoms with Gasteiger partial charge in [-0.05, 0) is 24.3 Å². The Bertz CT molecular complexity index is 1780. The fourth-order valence-electron chi connectivity index (χ4n) is 2.96. The lowest BCUT2D eigenvalue weighted by molar-refractivity contribution is -0.382. The maximum atomic E-state index is 14.2. The average Bonchev–Trinajstić information content (AvgIpc) is 2.94. The molecule has 2 rings (SSSR count). The SMILES string of the molecule is O=C(Nc1ccc(OS(=O)(=O)C(F)(F)C(F)(F)C(F)(F)C(F)(F)F)c(F)c1)Nc1ccc(OS(=O)(=O)C(F)(F)C(F)(F)C(F)(F)C(F)(F)F)c(F)c1. The van der Waals surface area contributed by atoms with Gasteiger partial charge in [-0.3, -0.25) is 0 Å². The summed E-state index contributed by atoms with van der Waals surface area (Å²) in [5.74, 6) is -39.5. The molecule has 296 valence electrons. The Kier molecular flexibility index (Phi) is 11.0. The molecule has 0 heterocycles. The van der Waals surface area contributed by atoms with Gasteiger partial charge in [-0.1, -0.05) is 0 Å². The number of urea groups is 1. The lowest BCUT2D eigenvalue weighted by Gasteiger charge is -2.32. The second-order valence-corrected chi connectivity index (χ2v) is 12.4. The van der Waals surface area contributed by atoms with Gasteiger partial charge in [0.25, 0.3) is 0 Å². The summed E-state index contributed by atoms with van der Waals surface area (Å²) in [5, 5.41) is -11.7. The Morgan fingerprint density at radius 2 is 0.750 bits per heavy atom. The summed E-state index contributed by atoms with van der Waals surface area (Å²) in [5.41, 5.74) is -1.88. The normalized spacial score (nSPS) is 14.5. The van der Waals surface area contributed by atoms with Crippen LogP contribution in [0.5, 0.6) is 11.5 Å². The number of halogens is 20. The standard InChI is InChI=1S/C21H8F20N2O7S2/c22-9-5-7(1-3-11(9)49-51(45,46)20(38,39)16(28,29)14(24,25)18(32,33)34)42-13(44)43-8-2-4-12(10(23)6-8)50-52(47,48)21(40,41)17(30,31)15(26,27)19(35,36)37/h1-6H,(H2,42,43,44). The van der Waals surface area contributed by atoms with Gasteiger partial charge in [-0.2, -0.15) is 95.9 Å². The van der Waals surface area contributed by atoms with Gasteiger partial charge < -0.3 is 19.0 Å². The highest BCUT2D eigenvalue weighted by atomic mass is 32.2. The first-order valence-corrected chi connectivity index (χ1v) is 14.6. The van der Waals surface area contributed by atoms with Crippen molar-refractivity contribution in [2.24, 2.45) is 0 Å². The molecule has 52 heavy (non-hydrogen) atoms. The van der Waals surface area contributed by atoms with E-state index in [4.69, 9.17) is 0 Å². The quantitative estimate of drug-likeness (QED) is 0.165. The number of hydrogen-bond donors (Lipinski definition) is 2. The van der Waals surface area contributed by atoms with Crippen molar-refractivity contribution in [3.63, 3.8) is 0 Å². The number of carbonyl (C=O) groups excluding carboxylic acids is 1. The minimum absolute atomic E-state index is 0.116. The second kappa shape index (κ2) is 13.0. The van der Waals surface area contributed by atoms with Crippen LogP contribution in [-0.4, -0.2) is 69.4 Å². The third-order valence-corrected chi connectivity index (χ3v) is 8.20. The molecular weight excluding hydrogens is 836 g/mol. The van der Waals surface area contributed by atoms with Crippen LogP contribution >= 0.6 is 0 Å². The van der Waals surface area contributed by atoms with Crippen molar-refractivity contribution in [2.45, 2.75) is 46.6 Å². The van der Waals surface area contributed by atoms with Gasteiger partial charge in [0.15, 0.2) is 23.1 Å². The van der Waals surface area contributed by atoms with Crippen molar-refractivity contribution in [1.29, 1.82) is 0 Å². The van der Waals surface area contributed by atoms with Crippen LogP contribution in [0.2, 0.25) is 0 Å². The van der Waals surface area contributed by atoms with E-state index >= 15 is 0 Å². The van der Waals surface area contributed by atoms with Gasteiger partial charge in [-0.15, -0.1) is 0 Å². The number of rotatable bonds is 12. The van der Waals surface area contributed by atoms with Crippen LogP contribution in [0, 0.1) is 11.6 Å². The van der Waals surface area contributed by atoms with E-state index in [0.29, 0.717) is 0 Å². The number of amides is 2. The van der Waals surface area contributed by atoms with Gasteiger partial charge >= 0.3 is 72.8 Å². The molecule has 0 bridgehead atoms. The van der Waals surface area contributed by atoms with Crippen molar-refractivity contribution in [3.05, 3.63) is 48.0 Å². The van der Waals surface area contributed by atoms with Crippen molar-refractivity contribution in [1.82, 2.24) is 0 Å². The van der Waals surface area contributed by atoms with Gasteiger partial charge in [0.1, 0.15) is 0 Å². The van der Waals surface area contributed by atoms with E-state index in [2.05, 4.69) is 8.37 Å². The molecule has 0 saturated heterocycles. The number of benzene rings is 2. The molecule has 9 nitrogen and oxygen atoms in total. The Labute approximate surface area is 272 Å². The largest absolute Gasteiger partial charge is 0.460 e. The molecule has 0 aliphatic heterocycles. The smallest absolute Gasteiger partial charge is 0.375 e. The number of anilines is 2. The summed E-state index contributed by atoms with van der Waals surface area (Å²) in [6.45, 7) is 0. The zero-order valence-electron chi connectivity index (χ0n) is 23.2. The summed E-state index contributed by atoms with van der Waals surface area (Å²) in [7, 11) is -15.2. The highest BCUT2D eigenvalue weighted by molar-refractivity contribution is 7.88. The first kappa shape index (κ1) is 44.0. The average molecular weight is 844 g/mol. The van der Waals surface area contributed by atoms with Crippen LogP contribution in [0.1, 0.15) is 0 Å². The second-order valence-electron chi connectivity index (χ2n) is 9.27. The summed E-state index contributed by atoms with van der Waals surface area (Å²) in [6, 6.07) is -1.67. The monoisotopic (exact) mass is 844 g/mol. The van der Waals surface area contributed by atoms with Crippen molar-refractivity contribution >= 4 is 37.6 Å². The number of hydrogen-bond acceptors (Lipinski definition) is 7. The number of alkyl halides is 18. The third-order valence-electron chi connectivity index (χ3n) is 5.64. The lowest BCUT2D eigenvalue weighted by atomic mass is 10.1. The van der Waals surface area contributed by atoms with Crippen molar-refractivity contribution < 1.29 is 118 Å². The molecular formula is C21H8F20N2O7S2. The Balaban J connectivity index is 2.24. The van der Waals surface area contributed by atoms with E-state index in [9.17, 15) is 109 Å². The topological polar surface area (TPSA) is 128 Å². The molecule has 0 spiro atoms. The molecule has 0 radical (unpaired) electrons. The zero-order valence-corrected chi connectivity index (χ0v) is 24.8. The molecule has 0 saturated carbocycles. The minimum atomic E-state index is -7.75. The van der Waals surface area contributed by atoms with Crippen LogP contribution < -0.4 is 19.0 Å². The highest BCUT2D eigenvalue weighted by Crippen LogP contribution is 2.56.